The number of pyridine rings is 1. The lowest BCUT2D eigenvalue weighted by Crippen LogP contribution is -2.41. The summed E-state index contributed by atoms with van der Waals surface area (Å²) >= 11 is 0. The Balaban J connectivity index is 1.88. The molecule has 1 fully saturated rings. The first-order chi connectivity index (χ1) is 14.6. The largest absolute Gasteiger partial charge is 0.497 e. The molecule has 0 aliphatic carbocycles. The van der Waals surface area contributed by atoms with Gasteiger partial charge in [0.15, 0.2) is 0 Å². The quantitative estimate of drug-likeness (QED) is 0.663. The summed E-state index contributed by atoms with van der Waals surface area (Å²) < 4.78 is 11.1. The second-order valence-electron chi connectivity index (χ2n) is 7.60. The fourth-order valence-electron chi connectivity index (χ4n) is 4.40. The monoisotopic (exact) mass is 406 g/mol. The zero-order valence-electron chi connectivity index (χ0n) is 17.2. The van der Waals surface area contributed by atoms with Gasteiger partial charge in [0, 0.05) is 29.8 Å². The van der Waals surface area contributed by atoms with E-state index in [0.717, 1.165) is 46.5 Å². The molecule has 1 aliphatic heterocycles. The summed E-state index contributed by atoms with van der Waals surface area (Å²) in [5.74, 6) is 0.326. The molecule has 2 aromatic carbocycles. The third kappa shape index (κ3) is 3.83. The number of piperidine rings is 1. The zero-order chi connectivity index (χ0) is 21.1. The number of likely N-dealkylation sites (tertiary alicyclic amines) is 1. The number of para-hydroxylation sites is 1. The van der Waals surface area contributed by atoms with Gasteiger partial charge in [-0.1, -0.05) is 18.2 Å². The molecule has 0 bridgehead atoms. The molecular formula is C24H26N2O4. The molecule has 3 aromatic rings. The van der Waals surface area contributed by atoms with Crippen molar-refractivity contribution in [2.45, 2.75) is 18.9 Å². The number of benzene rings is 2. The van der Waals surface area contributed by atoms with Gasteiger partial charge < -0.3 is 14.6 Å². The van der Waals surface area contributed by atoms with Crippen LogP contribution in [0.1, 0.15) is 30.0 Å². The van der Waals surface area contributed by atoms with Gasteiger partial charge in [-0.05, 0) is 49.2 Å². The van der Waals surface area contributed by atoms with Gasteiger partial charge in [0.2, 0.25) is 0 Å². The number of aromatic nitrogens is 1. The van der Waals surface area contributed by atoms with E-state index in [1.165, 1.54) is 0 Å². The van der Waals surface area contributed by atoms with E-state index in [-0.39, 0.29) is 12.0 Å². The maximum atomic E-state index is 11.7. The summed E-state index contributed by atoms with van der Waals surface area (Å²) in [7, 11) is 3.28. The Labute approximate surface area is 176 Å². The molecule has 2 atom stereocenters. The molecule has 1 N–H and O–H groups in total. The molecule has 1 aliphatic rings. The first kappa shape index (κ1) is 20.2. The van der Waals surface area contributed by atoms with Crippen LogP contribution in [0.3, 0.4) is 0 Å². The van der Waals surface area contributed by atoms with Gasteiger partial charge in [0.05, 0.1) is 31.7 Å². The summed E-state index contributed by atoms with van der Waals surface area (Å²) in [6, 6.07) is 15.7. The van der Waals surface area contributed by atoms with Crippen LogP contribution in [0.4, 0.5) is 0 Å². The van der Waals surface area contributed by atoms with Crippen molar-refractivity contribution in [1.29, 1.82) is 0 Å². The van der Waals surface area contributed by atoms with E-state index in [2.05, 4.69) is 16.0 Å². The lowest BCUT2D eigenvalue weighted by molar-refractivity contribution is -0.143. The third-order valence-corrected chi connectivity index (χ3v) is 5.88. The number of hydrogen-bond donors (Lipinski definition) is 1. The van der Waals surface area contributed by atoms with E-state index in [0.29, 0.717) is 13.0 Å². The van der Waals surface area contributed by atoms with E-state index in [4.69, 9.17) is 9.47 Å². The summed E-state index contributed by atoms with van der Waals surface area (Å²) in [5.41, 5.74) is 3.00. The summed E-state index contributed by atoms with van der Waals surface area (Å²) in [4.78, 5) is 18.5. The maximum Gasteiger partial charge on any atom is 0.307 e. The predicted octanol–water partition coefficient (Wildman–Crippen LogP) is 4.14. The Morgan fingerprint density at radius 2 is 1.97 bits per heavy atom. The Morgan fingerprint density at radius 1 is 1.13 bits per heavy atom. The number of carboxylic acids is 1. The first-order valence-electron chi connectivity index (χ1n) is 10.1. The fourth-order valence-corrected chi connectivity index (χ4v) is 4.40. The molecule has 1 saturated heterocycles. The minimum absolute atomic E-state index is 0.152. The standard InChI is InChI=1S/C24H26N2O4/c1-29-17-9-10-20(22(14-17)30-2)23(26-13-5-6-16(15-26)24(27)28)19-11-12-25-21-8-4-3-7-18(19)21/h3-4,7-12,14,16,23H,5-6,13,15H2,1-2H3,(H,27,28). The minimum atomic E-state index is -0.736. The molecule has 30 heavy (non-hydrogen) atoms. The molecule has 0 radical (unpaired) electrons. The molecule has 2 heterocycles. The number of carboxylic acid groups (broad SMARTS) is 1. The Morgan fingerprint density at radius 3 is 2.73 bits per heavy atom. The number of ether oxygens (including phenoxy) is 2. The van der Waals surface area contributed by atoms with Crippen molar-refractivity contribution in [3.63, 3.8) is 0 Å². The van der Waals surface area contributed by atoms with Crippen LogP contribution >= 0.6 is 0 Å². The van der Waals surface area contributed by atoms with Crippen LogP contribution in [0.15, 0.2) is 54.7 Å². The van der Waals surface area contributed by atoms with Gasteiger partial charge in [0.25, 0.3) is 0 Å². The van der Waals surface area contributed by atoms with Crippen molar-refractivity contribution in [1.82, 2.24) is 9.88 Å². The molecule has 6 heteroatoms. The second-order valence-corrected chi connectivity index (χ2v) is 7.60. The lowest BCUT2D eigenvalue weighted by atomic mass is 9.89. The highest BCUT2D eigenvalue weighted by Crippen LogP contribution is 2.40. The summed E-state index contributed by atoms with van der Waals surface area (Å²) in [6.07, 6.45) is 3.36. The van der Waals surface area contributed by atoms with Crippen molar-refractivity contribution in [3.05, 3.63) is 65.9 Å². The molecule has 156 valence electrons. The van der Waals surface area contributed by atoms with Crippen LogP contribution in [-0.4, -0.2) is 48.3 Å². The number of carbonyl (C=O) groups is 1. The molecule has 1 aromatic heterocycles. The number of fused-ring (bicyclic) bond motifs is 1. The maximum absolute atomic E-state index is 11.7. The number of hydrogen-bond acceptors (Lipinski definition) is 5. The van der Waals surface area contributed by atoms with Gasteiger partial charge in [-0.2, -0.15) is 0 Å². The smallest absolute Gasteiger partial charge is 0.307 e. The van der Waals surface area contributed by atoms with Gasteiger partial charge in [0.1, 0.15) is 11.5 Å². The van der Waals surface area contributed by atoms with E-state index in [1.807, 2.05) is 48.7 Å². The second kappa shape index (κ2) is 8.71. The lowest BCUT2D eigenvalue weighted by Gasteiger charge is -2.38. The number of nitrogens with zero attached hydrogens (tertiary/aromatic N) is 2. The van der Waals surface area contributed by atoms with E-state index >= 15 is 0 Å². The topological polar surface area (TPSA) is 71.9 Å². The highest BCUT2D eigenvalue weighted by Gasteiger charge is 2.33. The molecule has 0 spiro atoms. The SMILES string of the molecule is COc1ccc(C(c2ccnc3ccccc23)N2CCCC(C(=O)O)C2)c(OC)c1. The van der Waals surface area contributed by atoms with Crippen molar-refractivity contribution >= 4 is 16.9 Å². The van der Waals surface area contributed by atoms with Crippen LogP contribution in [0, 0.1) is 5.92 Å². The third-order valence-electron chi connectivity index (χ3n) is 5.88. The van der Waals surface area contributed by atoms with E-state index < -0.39 is 5.97 Å². The predicted molar refractivity (Wildman–Crippen MR) is 115 cm³/mol. The molecule has 2 unspecified atom stereocenters. The normalized spacial score (nSPS) is 18.1. The Hall–Kier alpha value is -3.12. The van der Waals surface area contributed by atoms with Crippen LogP contribution in [0.25, 0.3) is 10.9 Å². The van der Waals surface area contributed by atoms with Crippen molar-refractivity contribution in [2.75, 3.05) is 27.3 Å². The van der Waals surface area contributed by atoms with Crippen molar-refractivity contribution in [3.8, 4) is 11.5 Å². The minimum Gasteiger partial charge on any atom is -0.497 e. The summed E-state index contributed by atoms with van der Waals surface area (Å²) in [5, 5.41) is 10.7. The number of aliphatic carboxylic acids is 1. The summed E-state index contributed by atoms with van der Waals surface area (Å²) in [6.45, 7) is 1.31. The Kier molecular flexibility index (Phi) is 5.86. The average molecular weight is 406 g/mol. The highest BCUT2D eigenvalue weighted by atomic mass is 16.5. The first-order valence-corrected chi connectivity index (χ1v) is 10.1. The van der Waals surface area contributed by atoms with Crippen LogP contribution in [-0.2, 0) is 4.79 Å². The van der Waals surface area contributed by atoms with Crippen LogP contribution in [0.2, 0.25) is 0 Å². The van der Waals surface area contributed by atoms with Gasteiger partial charge >= 0.3 is 5.97 Å². The molecule has 0 amide bonds. The number of rotatable bonds is 6. The molecular weight excluding hydrogens is 380 g/mol. The van der Waals surface area contributed by atoms with Crippen LogP contribution in [0.5, 0.6) is 11.5 Å². The van der Waals surface area contributed by atoms with Gasteiger partial charge in [-0.15, -0.1) is 0 Å². The van der Waals surface area contributed by atoms with Gasteiger partial charge in [-0.25, -0.2) is 0 Å². The zero-order valence-corrected chi connectivity index (χ0v) is 17.2. The Bertz CT molecular complexity index is 1050. The molecule has 4 rings (SSSR count). The molecule has 0 saturated carbocycles. The fraction of sp³-hybridized carbons (Fsp3) is 0.333. The van der Waals surface area contributed by atoms with Crippen LogP contribution < -0.4 is 9.47 Å². The van der Waals surface area contributed by atoms with Crippen molar-refractivity contribution in [2.24, 2.45) is 5.92 Å². The van der Waals surface area contributed by atoms with Crippen molar-refractivity contribution < 1.29 is 19.4 Å². The number of methoxy groups -OCH3 is 2. The van der Waals surface area contributed by atoms with Gasteiger partial charge in [-0.3, -0.25) is 14.7 Å². The van der Waals surface area contributed by atoms with E-state index in [9.17, 15) is 9.90 Å². The molecule has 6 nitrogen and oxygen atoms in total. The average Bonchev–Trinajstić information content (AvgIpc) is 2.79. The highest BCUT2D eigenvalue weighted by molar-refractivity contribution is 5.83. The van der Waals surface area contributed by atoms with E-state index in [1.54, 1.807) is 14.2 Å².